The van der Waals surface area contributed by atoms with Gasteiger partial charge in [0.1, 0.15) is 9.84 Å². The molecule has 0 saturated carbocycles. The van der Waals surface area contributed by atoms with E-state index in [1.54, 1.807) is 18.2 Å². The Kier molecular flexibility index (Phi) is 6.70. The molecule has 2 aromatic rings. The van der Waals surface area contributed by atoms with Gasteiger partial charge in [-0.1, -0.05) is 47.5 Å². The van der Waals surface area contributed by atoms with E-state index in [9.17, 15) is 13.2 Å². The van der Waals surface area contributed by atoms with Crippen LogP contribution >= 0.6 is 23.2 Å². The largest absolute Gasteiger partial charge is 0.355 e. The van der Waals surface area contributed by atoms with Gasteiger partial charge in [-0.05, 0) is 23.8 Å². The van der Waals surface area contributed by atoms with Crippen molar-refractivity contribution in [2.45, 2.75) is 6.42 Å². The number of hydrogen-bond donors (Lipinski definition) is 2. The van der Waals surface area contributed by atoms with E-state index in [2.05, 4.69) is 10.6 Å². The molecular weight excluding hydrogens is 383 g/mol. The molecule has 0 aromatic heterocycles. The highest BCUT2D eigenvalue weighted by Gasteiger charge is 2.11. The Bertz CT molecular complexity index is 850. The van der Waals surface area contributed by atoms with Crippen LogP contribution in [0, 0.1) is 0 Å². The Morgan fingerprint density at radius 3 is 2.32 bits per heavy atom. The van der Waals surface area contributed by atoms with Crippen LogP contribution in [-0.2, 0) is 21.1 Å². The summed E-state index contributed by atoms with van der Waals surface area (Å²) < 4.78 is 22.2. The molecule has 2 aromatic carbocycles. The zero-order chi connectivity index (χ0) is 18.4. The monoisotopic (exact) mass is 400 g/mol. The maximum Gasteiger partial charge on any atom is 0.224 e. The highest BCUT2D eigenvalue weighted by molar-refractivity contribution is 7.90. The number of nitrogens with one attached hydrogen (secondary N) is 2. The van der Waals surface area contributed by atoms with Gasteiger partial charge in [0.25, 0.3) is 0 Å². The highest BCUT2D eigenvalue weighted by atomic mass is 35.5. The molecule has 2 N–H and O–H groups in total. The molecule has 0 saturated heterocycles. The van der Waals surface area contributed by atoms with Crippen molar-refractivity contribution in [2.75, 3.05) is 23.9 Å². The van der Waals surface area contributed by atoms with Crippen LogP contribution in [0.3, 0.4) is 0 Å². The van der Waals surface area contributed by atoms with E-state index < -0.39 is 9.84 Å². The lowest BCUT2D eigenvalue weighted by atomic mass is 10.1. The topological polar surface area (TPSA) is 75.3 Å². The van der Waals surface area contributed by atoms with Crippen molar-refractivity contribution in [1.29, 1.82) is 0 Å². The normalized spacial score (nSPS) is 11.2. The number of carbonyl (C=O) groups is 1. The number of para-hydroxylation sites is 2. The third kappa shape index (κ3) is 6.23. The van der Waals surface area contributed by atoms with E-state index in [0.717, 1.165) is 11.8 Å². The number of carbonyl (C=O) groups excluding carboxylic acids is 1. The predicted molar refractivity (Wildman–Crippen MR) is 103 cm³/mol. The molecule has 0 atom stereocenters. The van der Waals surface area contributed by atoms with Gasteiger partial charge in [-0.15, -0.1) is 0 Å². The van der Waals surface area contributed by atoms with E-state index in [1.165, 1.54) is 0 Å². The second kappa shape index (κ2) is 8.56. The molecule has 0 aliphatic carbocycles. The minimum Gasteiger partial charge on any atom is -0.355 e. The van der Waals surface area contributed by atoms with Gasteiger partial charge in [0.15, 0.2) is 0 Å². The lowest BCUT2D eigenvalue weighted by Gasteiger charge is -2.14. The van der Waals surface area contributed by atoms with Gasteiger partial charge in [-0.25, -0.2) is 8.42 Å². The van der Waals surface area contributed by atoms with Crippen molar-refractivity contribution in [3.8, 4) is 0 Å². The maximum atomic E-state index is 12.1. The van der Waals surface area contributed by atoms with Gasteiger partial charge < -0.3 is 10.6 Å². The Morgan fingerprint density at radius 2 is 1.68 bits per heavy atom. The average molecular weight is 401 g/mol. The van der Waals surface area contributed by atoms with Gasteiger partial charge >= 0.3 is 0 Å². The van der Waals surface area contributed by atoms with Gasteiger partial charge in [0.2, 0.25) is 5.91 Å². The van der Waals surface area contributed by atoms with E-state index >= 15 is 0 Å². The Hall–Kier alpha value is -1.76. The molecule has 134 valence electrons. The summed E-state index contributed by atoms with van der Waals surface area (Å²) in [4.78, 5) is 12.1. The summed E-state index contributed by atoms with van der Waals surface area (Å²) in [5.74, 6) is -0.350. The van der Waals surface area contributed by atoms with Gasteiger partial charge in [-0.3, -0.25) is 4.79 Å². The Morgan fingerprint density at radius 1 is 1.04 bits per heavy atom. The van der Waals surface area contributed by atoms with Gasteiger partial charge in [0, 0.05) is 18.5 Å². The zero-order valence-electron chi connectivity index (χ0n) is 13.6. The maximum absolute atomic E-state index is 12.1. The fourth-order valence-corrected chi connectivity index (χ4v) is 3.12. The summed E-state index contributed by atoms with van der Waals surface area (Å²) in [6.45, 7) is 0.0869. The molecule has 0 bridgehead atoms. The Balaban J connectivity index is 2.09. The third-order valence-electron chi connectivity index (χ3n) is 3.39. The second-order valence-electron chi connectivity index (χ2n) is 5.54. The third-order valence-corrected chi connectivity index (χ3v) is 4.96. The quantitative estimate of drug-likeness (QED) is 0.746. The number of halogens is 2. The fraction of sp³-hybridized carbons (Fsp3) is 0.235. The lowest BCUT2D eigenvalue weighted by molar-refractivity contribution is -0.120. The van der Waals surface area contributed by atoms with Crippen molar-refractivity contribution in [3.05, 3.63) is 58.1 Å². The second-order valence-corrected chi connectivity index (χ2v) is 8.61. The standard InChI is InChI=1S/C17H18Cl2N2O3S/c1-25(23,24)10-9-20-16(22)11-12-5-2-3-8-15(12)21-17-13(18)6-4-7-14(17)19/h2-8,21H,9-11H2,1H3,(H,20,22). The molecule has 0 aliphatic heterocycles. The van der Waals surface area contributed by atoms with Crippen LogP contribution in [0.5, 0.6) is 0 Å². The summed E-state index contributed by atoms with van der Waals surface area (Å²) >= 11 is 12.3. The summed E-state index contributed by atoms with van der Waals surface area (Å²) in [6.07, 6.45) is 1.24. The molecule has 0 radical (unpaired) electrons. The van der Waals surface area contributed by atoms with Crippen molar-refractivity contribution < 1.29 is 13.2 Å². The summed E-state index contributed by atoms with van der Waals surface area (Å²) in [5.41, 5.74) is 2.02. The molecule has 0 aliphatic rings. The molecule has 0 fully saturated rings. The van der Waals surface area contributed by atoms with Gasteiger partial charge in [-0.2, -0.15) is 0 Å². The first kappa shape index (κ1) is 19.6. The first-order chi connectivity index (χ1) is 11.8. The molecular formula is C17H18Cl2N2O3S. The molecule has 0 unspecified atom stereocenters. The van der Waals surface area contributed by atoms with Crippen LogP contribution in [0.25, 0.3) is 0 Å². The zero-order valence-corrected chi connectivity index (χ0v) is 15.9. The smallest absolute Gasteiger partial charge is 0.224 e. The number of anilines is 2. The number of rotatable bonds is 7. The van der Waals surface area contributed by atoms with Crippen molar-refractivity contribution >= 4 is 50.3 Å². The van der Waals surface area contributed by atoms with Crippen LogP contribution in [0.15, 0.2) is 42.5 Å². The van der Waals surface area contributed by atoms with Crippen LogP contribution < -0.4 is 10.6 Å². The molecule has 2 rings (SSSR count). The summed E-state index contributed by atoms with van der Waals surface area (Å²) in [6, 6.07) is 12.5. The Labute approximate surface area is 157 Å². The average Bonchev–Trinajstić information content (AvgIpc) is 2.51. The fourth-order valence-electron chi connectivity index (χ4n) is 2.16. The van der Waals surface area contributed by atoms with Gasteiger partial charge in [0.05, 0.1) is 27.9 Å². The molecule has 5 nitrogen and oxygen atoms in total. The molecule has 8 heteroatoms. The van der Waals surface area contributed by atoms with Crippen molar-refractivity contribution in [3.63, 3.8) is 0 Å². The SMILES string of the molecule is CS(=O)(=O)CCNC(=O)Cc1ccccc1Nc1c(Cl)cccc1Cl. The van der Waals surface area contributed by atoms with Crippen LogP contribution in [0.4, 0.5) is 11.4 Å². The molecule has 25 heavy (non-hydrogen) atoms. The first-order valence-corrected chi connectivity index (χ1v) is 10.3. The summed E-state index contributed by atoms with van der Waals surface area (Å²) in [5, 5.41) is 6.70. The molecule has 1 amide bonds. The first-order valence-electron chi connectivity index (χ1n) is 7.49. The number of amides is 1. The molecule has 0 spiro atoms. The van der Waals surface area contributed by atoms with Crippen LogP contribution in [0.1, 0.15) is 5.56 Å². The minimum atomic E-state index is -3.11. The van der Waals surface area contributed by atoms with Crippen molar-refractivity contribution in [1.82, 2.24) is 5.32 Å². The van der Waals surface area contributed by atoms with E-state index in [1.807, 2.05) is 24.3 Å². The summed E-state index contributed by atoms with van der Waals surface area (Å²) in [7, 11) is -3.11. The number of benzene rings is 2. The van der Waals surface area contributed by atoms with E-state index in [-0.39, 0.29) is 24.6 Å². The van der Waals surface area contributed by atoms with Crippen LogP contribution in [-0.4, -0.2) is 32.9 Å². The predicted octanol–water partition coefficient (Wildman–Crippen LogP) is 3.44. The van der Waals surface area contributed by atoms with E-state index in [4.69, 9.17) is 23.2 Å². The number of sulfone groups is 1. The van der Waals surface area contributed by atoms with E-state index in [0.29, 0.717) is 21.4 Å². The number of hydrogen-bond acceptors (Lipinski definition) is 4. The van der Waals surface area contributed by atoms with Crippen LogP contribution in [0.2, 0.25) is 10.0 Å². The highest BCUT2D eigenvalue weighted by Crippen LogP contribution is 2.33. The minimum absolute atomic E-state index is 0.0869. The van der Waals surface area contributed by atoms with Crippen molar-refractivity contribution in [2.24, 2.45) is 0 Å². The molecule has 0 heterocycles. The lowest BCUT2D eigenvalue weighted by Crippen LogP contribution is -2.30.